The van der Waals surface area contributed by atoms with Gasteiger partial charge >= 0.3 is 0 Å². The Morgan fingerprint density at radius 1 is 0.463 bits per heavy atom. The van der Waals surface area contributed by atoms with Crippen LogP contribution in [0.2, 0.25) is 0 Å². The molecule has 0 N–H and O–H groups in total. The van der Waals surface area contributed by atoms with E-state index in [0.29, 0.717) is 0 Å². The second-order valence-corrected chi connectivity index (χ2v) is 17.3. The third-order valence-electron chi connectivity index (χ3n) is 13.4. The first-order valence-electron chi connectivity index (χ1n) is 23.0. The molecule has 0 spiro atoms. The average molecular weight is 859 g/mol. The number of hydrogen-bond donors (Lipinski definition) is 0. The Hall–Kier alpha value is -8.60. The minimum Gasteiger partial charge on any atom is -0.317 e. The van der Waals surface area contributed by atoms with Crippen molar-refractivity contribution in [3.63, 3.8) is 0 Å². The number of imidazole rings is 1. The molecule has 2 atom stereocenters. The highest BCUT2D eigenvalue weighted by atomic mass is 15.3. The summed E-state index contributed by atoms with van der Waals surface area (Å²) in [7, 11) is 0. The number of aromatic nitrogens is 2. The van der Waals surface area contributed by atoms with Crippen molar-refractivity contribution >= 4 is 54.9 Å². The molecular formula is C63H46N4. The Balaban J connectivity index is 1.04. The zero-order valence-electron chi connectivity index (χ0n) is 37.2. The third kappa shape index (κ3) is 6.93. The molecule has 67 heavy (non-hydrogen) atoms. The summed E-state index contributed by atoms with van der Waals surface area (Å²) in [5.41, 5.74) is 13.5. The second kappa shape index (κ2) is 16.8. The molecule has 0 amide bonds. The summed E-state index contributed by atoms with van der Waals surface area (Å²) in [5, 5.41) is 7.27. The molecule has 1 aliphatic rings. The van der Waals surface area contributed by atoms with Gasteiger partial charge in [0.1, 0.15) is 11.7 Å². The normalized spacial score (nSPS) is 15.0. The van der Waals surface area contributed by atoms with E-state index in [1.165, 1.54) is 54.6 Å². The zero-order valence-corrected chi connectivity index (χ0v) is 37.2. The number of para-hydroxylation sites is 2. The van der Waals surface area contributed by atoms with E-state index < -0.39 is 0 Å². The van der Waals surface area contributed by atoms with Gasteiger partial charge in [-0.2, -0.15) is 0 Å². The van der Waals surface area contributed by atoms with Gasteiger partial charge in [0.2, 0.25) is 0 Å². The molecule has 12 rings (SSSR count). The summed E-state index contributed by atoms with van der Waals surface area (Å²) in [5.74, 6) is 1.87. The van der Waals surface area contributed by atoms with Crippen LogP contribution in [0.15, 0.2) is 248 Å². The van der Waals surface area contributed by atoms with Crippen LogP contribution in [-0.4, -0.2) is 27.5 Å². The number of amidine groups is 1. The Labute approximate surface area is 390 Å². The fraction of sp³-hybridized carbons (Fsp3) is 0.0476. The Bertz CT molecular complexity index is 3710. The average Bonchev–Trinajstić information content (AvgIpc) is 3.97. The van der Waals surface area contributed by atoms with E-state index >= 15 is 0 Å². The van der Waals surface area contributed by atoms with Crippen LogP contribution in [0.4, 0.5) is 5.69 Å². The quantitative estimate of drug-likeness (QED) is 0.107. The van der Waals surface area contributed by atoms with Crippen LogP contribution >= 0.6 is 0 Å². The van der Waals surface area contributed by atoms with Crippen molar-refractivity contribution in [2.45, 2.75) is 19.0 Å². The van der Waals surface area contributed by atoms with Gasteiger partial charge in [0, 0.05) is 22.5 Å². The minimum atomic E-state index is -0.0334. The molecule has 0 bridgehead atoms. The summed E-state index contributed by atoms with van der Waals surface area (Å²) in [4.78, 5) is 12.7. The molecule has 10 aromatic carbocycles. The highest BCUT2D eigenvalue weighted by Crippen LogP contribution is 2.46. The Morgan fingerprint density at radius 2 is 1.01 bits per heavy atom. The van der Waals surface area contributed by atoms with E-state index in [0.717, 1.165) is 56.3 Å². The third-order valence-corrected chi connectivity index (χ3v) is 13.4. The molecule has 2 heterocycles. The number of rotatable bonds is 9. The van der Waals surface area contributed by atoms with Crippen LogP contribution in [0, 0.1) is 0 Å². The summed E-state index contributed by atoms with van der Waals surface area (Å²) in [6, 6.07) is 78.8. The Morgan fingerprint density at radius 3 is 1.72 bits per heavy atom. The van der Waals surface area contributed by atoms with Gasteiger partial charge in [-0.05, 0) is 121 Å². The number of benzene rings is 10. The first kappa shape index (κ1) is 40.0. The van der Waals surface area contributed by atoms with Gasteiger partial charge < -0.3 is 4.90 Å². The zero-order chi connectivity index (χ0) is 44.8. The number of nitrogens with zero attached hydrogens (tertiary/aromatic N) is 4. The van der Waals surface area contributed by atoms with E-state index in [2.05, 4.69) is 254 Å². The number of allylic oxidation sites excluding steroid dienone is 1. The lowest BCUT2D eigenvalue weighted by atomic mass is 9.84. The van der Waals surface area contributed by atoms with Crippen molar-refractivity contribution in [3.05, 3.63) is 249 Å². The van der Waals surface area contributed by atoms with Crippen LogP contribution < -0.4 is 4.90 Å². The molecule has 0 saturated carbocycles. The number of hydrogen-bond acceptors (Lipinski definition) is 3. The smallest absolute Gasteiger partial charge is 0.145 e. The molecule has 0 aliphatic carbocycles. The summed E-state index contributed by atoms with van der Waals surface area (Å²) >= 11 is 0. The van der Waals surface area contributed by atoms with Gasteiger partial charge in [-0.3, -0.25) is 9.56 Å². The summed E-state index contributed by atoms with van der Waals surface area (Å²) in [6.07, 6.45) is 6.28. The van der Waals surface area contributed by atoms with Crippen LogP contribution in [0.5, 0.6) is 0 Å². The maximum absolute atomic E-state index is 5.24. The van der Waals surface area contributed by atoms with E-state index in [1.54, 1.807) is 0 Å². The number of aliphatic imine (C=N–C) groups is 1. The molecule has 11 aromatic rings. The lowest BCUT2D eigenvalue weighted by Gasteiger charge is -2.28. The van der Waals surface area contributed by atoms with Gasteiger partial charge in [0.05, 0.1) is 23.1 Å². The molecule has 4 nitrogen and oxygen atoms in total. The molecule has 318 valence electrons. The number of anilines is 1. The number of fused-ring (bicyclic) bond motifs is 4. The maximum Gasteiger partial charge on any atom is 0.145 e. The van der Waals surface area contributed by atoms with Gasteiger partial charge in [0.15, 0.2) is 0 Å². The van der Waals surface area contributed by atoms with Crippen LogP contribution in [0.3, 0.4) is 0 Å². The topological polar surface area (TPSA) is 33.4 Å². The van der Waals surface area contributed by atoms with E-state index in [4.69, 9.17) is 9.98 Å². The molecule has 1 aromatic heterocycles. The molecule has 1 aliphatic heterocycles. The monoisotopic (exact) mass is 858 g/mol. The highest BCUT2D eigenvalue weighted by molar-refractivity contribution is 6.22. The van der Waals surface area contributed by atoms with Crippen molar-refractivity contribution < 1.29 is 0 Å². The van der Waals surface area contributed by atoms with Crippen molar-refractivity contribution in [3.8, 4) is 50.5 Å². The van der Waals surface area contributed by atoms with Crippen molar-refractivity contribution in [2.75, 3.05) is 4.90 Å². The molecular weight excluding hydrogens is 813 g/mol. The molecule has 4 heteroatoms. The molecule has 0 radical (unpaired) electrons. The molecule has 0 saturated heterocycles. The van der Waals surface area contributed by atoms with Gasteiger partial charge in [-0.1, -0.05) is 188 Å². The van der Waals surface area contributed by atoms with Crippen LogP contribution in [0.1, 0.15) is 12.5 Å². The SMILES string of the molecule is C=CC1C(/C=C\C)N=C(c2ccccc2)N1c1ccc(-c2c3ccccc3c(-c3ccc(-n4c(-c5ccccc5)nc5ccccc54)cc3)c3cc(-c4ccc5ccccc5c4)ccc23)cc1. The van der Waals surface area contributed by atoms with Crippen LogP contribution in [0.25, 0.3) is 93.8 Å². The van der Waals surface area contributed by atoms with Gasteiger partial charge in [-0.25, -0.2) is 4.98 Å². The fourth-order valence-corrected chi connectivity index (χ4v) is 10.3. The second-order valence-electron chi connectivity index (χ2n) is 17.3. The van der Waals surface area contributed by atoms with E-state index in [1.807, 2.05) is 6.08 Å². The first-order chi connectivity index (χ1) is 33.1. The van der Waals surface area contributed by atoms with E-state index in [9.17, 15) is 0 Å². The lowest BCUT2D eigenvalue weighted by molar-refractivity contribution is 0.747. The van der Waals surface area contributed by atoms with Crippen molar-refractivity contribution in [1.29, 1.82) is 0 Å². The first-order valence-corrected chi connectivity index (χ1v) is 23.0. The summed E-state index contributed by atoms with van der Waals surface area (Å²) in [6.45, 7) is 6.34. The van der Waals surface area contributed by atoms with Crippen LogP contribution in [-0.2, 0) is 0 Å². The highest BCUT2D eigenvalue weighted by Gasteiger charge is 2.34. The standard InChI is InChI=1S/C63H46N4/c1-3-17-56-58(4-2)66(62(64-56)45-19-7-5-8-20-45)50-35-30-43(31-36-50)60-52-24-13-14-25-53(52)61(55-41-49(34-39-54(55)60)48-29-28-42-18-11-12-23-47(42)40-48)44-32-37-51(38-33-44)67-59-27-16-15-26-57(59)65-63(67)46-21-9-6-10-22-46/h3-41,56,58H,2H2,1H3/b17-3-. The largest absolute Gasteiger partial charge is 0.317 e. The van der Waals surface area contributed by atoms with Crippen molar-refractivity contribution in [1.82, 2.24) is 9.55 Å². The van der Waals surface area contributed by atoms with Crippen molar-refractivity contribution in [2.24, 2.45) is 4.99 Å². The lowest BCUT2D eigenvalue weighted by Crippen LogP contribution is -2.38. The van der Waals surface area contributed by atoms with Gasteiger partial charge in [0.25, 0.3) is 0 Å². The minimum absolute atomic E-state index is 0.0180. The van der Waals surface area contributed by atoms with E-state index in [-0.39, 0.29) is 12.1 Å². The molecule has 2 unspecified atom stereocenters. The summed E-state index contributed by atoms with van der Waals surface area (Å²) < 4.78 is 2.28. The Kier molecular flexibility index (Phi) is 9.99. The predicted molar refractivity (Wildman–Crippen MR) is 283 cm³/mol. The van der Waals surface area contributed by atoms with Gasteiger partial charge in [-0.15, -0.1) is 6.58 Å². The fourth-order valence-electron chi connectivity index (χ4n) is 10.3. The predicted octanol–water partition coefficient (Wildman–Crippen LogP) is 15.9. The molecule has 0 fully saturated rings. The maximum atomic E-state index is 5.24.